The minimum Gasteiger partial charge on any atom is -0.481 e. The Hall–Kier alpha value is -1.36. The number of thiophene rings is 1. The second-order valence-corrected chi connectivity index (χ2v) is 5.72. The summed E-state index contributed by atoms with van der Waals surface area (Å²) < 4.78 is 0. The molecule has 1 aliphatic rings. The minimum atomic E-state index is -0.745. The van der Waals surface area contributed by atoms with E-state index in [-0.39, 0.29) is 17.9 Å². The number of rotatable bonds is 5. The molecule has 2 N–H and O–H groups in total. The van der Waals surface area contributed by atoms with Gasteiger partial charge in [-0.1, -0.05) is 6.07 Å². The van der Waals surface area contributed by atoms with Crippen molar-refractivity contribution in [2.24, 2.45) is 5.92 Å². The fraction of sp³-hybridized carbons (Fsp3) is 0.538. The summed E-state index contributed by atoms with van der Waals surface area (Å²) in [5, 5.41) is 13.8. The summed E-state index contributed by atoms with van der Waals surface area (Å²) >= 11 is 1.65. The number of carbonyl (C=O) groups excluding carboxylic acids is 1. The molecule has 2 atom stereocenters. The summed E-state index contributed by atoms with van der Waals surface area (Å²) in [6.07, 6.45) is 3.26. The van der Waals surface area contributed by atoms with Crippen molar-refractivity contribution in [1.29, 1.82) is 0 Å². The second kappa shape index (κ2) is 6.00. The Bertz CT molecular complexity index is 416. The lowest BCUT2D eigenvalue weighted by atomic mass is 10.1. The first kappa shape index (κ1) is 13.1. The number of hydrogen-bond donors (Lipinski definition) is 2. The van der Waals surface area contributed by atoms with Gasteiger partial charge in [0.1, 0.15) is 0 Å². The second-order valence-electron chi connectivity index (χ2n) is 4.69. The minimum absolute atomic E-state index is 0.0273. The number of hydrogen-bond acceptors (Lipinski definition) is 3. The van der Waals surface area contributed by atoms with Crippen LogP contribution < -0.4 is 5.32 Å². The van der Waals surface area contributed by atoms with Gasteiger partial charge in [0.05, 0.1) is 5.92 Å². The highest BCUT2D eigenvalue weighted by atomic mass is 32.1. The van der Waals surface area contributed by atoms with Crippen LogP contribution in [0.25, 0.3) is 0 Å². The highest BCUT2D eigenvalue weighted by Gasteiger charge is 2.30. The summed E-state index contributed by atoms with van der Waals surface area (Å²) in [6, 6.07) is 4.04. The van der Waals surface area contributed by atoms with E-state index >= 15 is 0 Å². The molecule has 1 aromatic heterocycles. The molecule has 0 saturated heterocycles. The van der Waals surface area contributed by atoms with Crippen LogP contribution in [0.1, 0.15) is 30.6 Å². The molecule has 2 unspecified atom stereocenters. The highest BCUT2D eigenvalue weighted by Crippen LogP contribution is 2.25. The smallest absolute Gasteiger partial charge is 0.306 e. The van der Waals surface area contributed by atoms with Gasteiger partial charge in [-0.2, -0.15) is 0 Å². The van der Waals surface area contributed by atoms with Crippen molar-refractivity contribution in [3.63, 3.8) is 0 Å². The molecule has 4 nitrogen and oxygen atoms in total. The van der Waals surface area contributed by atoms with Gasteiger partial charge < -0.3 is 10.4 Å². The van der Waals surface area contributed by atoms with E-state index in [1.807, 2.05) is 17.5 Å². The number of carbonyl (C=O) groups is 2. The maximum atomic E-state index is 11.7. The molecule has 18 heavy (non-hydrogen) atoms. The number of amides is 1. The van der Waals surface area contributed by atoms with Crippen molar-refractivity contribution in [2.45, 2.75) is 38.1 Å². The van der Waals surface area contributed by atoms with E-state index < -0.39 is 5.97 Å². The van der Waals surface area contributed by atoms with Crippen molar-refractivity contribution in [3.8, 4) is 0 Å². The Morgan fingerprint density at radius 2 is 2.28 bits per heavy atom. The van der Waals surface area contributed by atoms with Crippen LogP contribution in [0.3, 0.4) is 0 Å². The number of carboxylic acid groups (broad SMARTS) is 1. The van der Waals surface area contributed by atoms with Gasteiger partial charge in [0.25, 0.3) is 0 Å². The lowest BCUT2D eigenvalue weighted by Gasteiger charge is -2.12. The monoisotopic (exact) mass is 267 g/mol. The van der Waals surface area contributed by atoms with Gasteiger partial charge in [-0.05, 0) is 37.1 Å². The summed E-state index contributed by atoms with van der Waals surface area (Å²) in [6.45, 7) is 0. The molecule has 0 radical (unpaired) electrons. The lowest BCUT2D eigenvalue weighted by Crippen LogP contribution is -2.33. The van der Waals surface area contributed by atoms with Crippen molar-refractivity contribution >= 4 is 23.2 Å². The van der Waals surface area contributed by atoms with E-state index in [1.165, 1.54) is 4.88 Å². The average Bonchev–Trinajstić information content (AvgIpc) is 2.96. The van der Waals surface area contributed by atoms with E-state index in [2.05, 4.69) is 5.32 Å². The molecular weight excluding hydrogens is 250 g/mol. The first-order valence-corrected chi connectivity index (χ1v) is 7.07. The summed E-state index contributed by atoms with van der Waals surface area (Å²) in [7, 11) is 0. The molecule has 0 bridgehead atoms. The first-order chi connectivity index (χ1) is 8.65. The highest BCUT2D eigenvalue weighted by molar-refractivity contribution is 7.09. The Morgan fingerprint density at radius 1 is 1.44 bits per heavy atom. The molecule has 98 valence electrons. The first-order valence-electron chi connectivity index (χ1n) is 6.19. The molecule has 1 heterocycles. The normalized spacial score (nSPS) is 22.9. The summed E-state index contributed by atoms with van der Waals surface area (Å²) in [5.74, 6) is -1.00. The number of aliphatic carboxylic acids is 1. The SMILES string of the molecule is O=C(CCc1cccs1)NC1CCC(C(=O)O)C1. The van der Waals surface area contributed by atoms with Gasteiger partial charge >= 0.3 is 5.97 Å². The van der Waals surface area contributed by atoms with E-state index in [0.717, 1.165) is 12.8 Å². The zero-order chi connectivity index (χ0) is 13.0. The number of aryl methyl sites for hydroxylation is 1. The Kier molecular flexibility index (Phi) is 4.36. The zero-order valence-corrected chi connectivity index (χ0v) is 10.9. The van der Waals surface area contributed by atoms with Crippen LogP contribution >= 0.6 is 11.3 Å². The van der Waals surface area contributed by atoms with Gasteiger partial charge in [-0.25, -0.2) is 0 Å². The third kappa shape index (κ3) is 3.57. The van der Waals surface area contributed by atoms with Gasteiger partial charge in [-0.15, -0.1) is 11.3 Å². The molecule has 1 saturated carbocycles. The van der Waals surface area contributed by atoms with Crippen molar-refractivity contribution < 1.29 is 14.7 Å². The predicted molar refractivity (Wildman–Crippen MR) is 69.5 cm³/mol. The standard InChI is InChI=1S/C13H17NO3S/c15-12(6-5-11-2-1-7-18-11)14-10-4-3-9(8-10)13(16)17/h1-2,7,9-10H,3-6,8H2,(H,14,15)(H,16,17). The number of nitrogens with one attached hydrogen (secondary N) is 1. The van der Waals surface area contributed by atoms with Gasteiger partial charge in [-0.3, -0.25) is 9.59 Å². The predicted octanol–water partition coefficient (Wildman–Crippen LogP) is 2.05. The maximum Gasteiger partial charge on any atom is 0.306 e. The molecule has 0 aliphatic heterocycles. The fourth-order valence-corrected chi connectivity index (χ4v) is 3.04. The van der Waals surface area contributed by atoms with Crippen LogP contribution in [-0.2, 0) is 16.0 Å². The Labute approximate surface area is 110 Å². The van der Waals surface area contributed by atoms with E-state index in [1.54, 1.807) is 11.3 Å². The molecule has 1 aliphatic carbocycles. The molecular formula is C13H17NO3S. The van der Waals surface area contributed by atoms with Gasteiger partial charge in [0.15, 0.2) is 0 Å². The average molecular weight is 267 g/mol. The van der Waals surface area contributed by atoms with E-state index in [9.17, 15) is 9.59 Å². The van der Waals surface area contributed by atoms with Crippen molar-refractivity contribution in [1.82, 2.24) is 5.32 Å². The van der Waals surface area contributed by atoms with E-state index in [0.29, 0.717) is 19.3 Å². The molecule has 1 fully saturated rings. The maximum absolute atomic E-state index is 11.7. The van der Waals surface area contributed by atoms with Crippen LogP contribution in [-0.4, -0.2) is 23.0 Å². The largest absolute Gasteiger partial charge is 0.481 e. The number of carboxylic acids is 1. The summed E-state index contributed by atoms with van der Waals surface area (Å²) in [5.41, 5.74) is 0. The Balaban J connectivity index is 1.70. The Morgan fingerprint density at radius 3 is 2.89 bits per heavy atom. The molecule has 1 aromatic rings. The quantitative estimate of drug-likeness (QED) is 0.858. The van der Waals surface area contributed by atoms with Crippen LogP contribution in [0, 0.1) is 5.92 Å². The van der Waals surface area contributed by atoms with Crippen molar-refractivity contribution in [3.05, 3.63) is 22.4 Å². The van der Waals surface area contributed by atoms with Crippen molar-refractivity contribution in [2.75, 3.05) is 0 Å². The van der Waals surface area contributed by atoms with Crippen LogP contribution in [0.5, 0.6) is 0 Å². The van der Waals surface area contributed by atoms with Crippen LogP contribution in [0.15, 0.2) is 17.5 Å². The zero-order valence-electron chi connectivity index (χ0n) is 10.1. The molecule has 2 rings (SSSR count). The summed E-state index contributed by atoms with van der Waals surface area (Å²) in [4.78, 5) is 23.7. The van der Waals surface area contributed by atoms with E-state index in [4.69, 9.17) is 5.11 Å². The molecule has 0 spiro atoms. The van der Waals surface area contributed by atoms with Gasteiger partial charge in [0, 0.05) is 17.3 Å². The van der Waals surface area contributed by atoms with Crippen LogP contribution in [0.2, 0.25) is 0 Å². The molecule has 1 amide bonds. The topological polar surface area (TPSA) is 66.4 Å². The van der Waals surface area contributed by atoms with Gasteiger partial charge in [0.2, 0.25) is 5.91 Å². The third-order valence-corrected chi connectivity index (χ3v) is 4.26. The lowest BCUT2D eigenvalue weighted by molar-refractivity contribution is -0.141. The third-order valence-electron chi connectivity index (χ3n) is 3.33. The molecule has 0 aromatic carbocycles. The fourth-order valence-electron chi connectivity index (χ4n) is 2.33. The van der Waals surface area contributed by atoms with Crippen LogP contribution in [0.4, 0.5) is 0 Å². The molecule has 5 heteroatoms.